The molecule has 3 nitrogen and oxygen atoms in total. The molecule has 3 heteroatoms. The summed E-state index contributed by atoms with van der Waals surface area (Å²) in [7, 11) is 0. The second kappa shape index (κ2) is 12.6. The number of hydrogen-bond donors (Lipinski definition) is 0. The molecule has 2 aliphatic carbocycles. The normalized spacial score (nSPS) is 14.2. The molecule has 0 radical (unpaired) electrons. The molecule has 10 aromatic rings. The summed E-state index contributed by atoms with van der Waals surface area (Å²) in [6.07, 6.45) is 0. The molecule has 59 heavy (non-hydrogen) atoms. The lowest BCUT2D eigenvalue weighted by Gasteiger charge is -2.47. The van der Waals surface area contributed by atoms with Crippen LogP contribution in [-0.2, 0) is 10.8 Å². The topological polar surface area (TPSA) is 38.9 Å². The van der Waals surface area contributed by atoms with Crippen LogP contribution in [0.15, 0.2) is 199 Å². The maximum absolute atomic E-state index is 6.42. The van der Waals surface area contributed by atoms with Gasteiger partial charge in [0.15, 0.2) is 5.82 Å². The average Bonchev–Trinajstić information content (AvgIpc) is 3.83. The van der Waals surface area contributed by atoms with E-state index in [1.165, 1.54) is 44.5 Å². The SMILES string of the molecule is CC1(C)c2ccccc2C2(c3ccccc3-c3ccccc32)c2cccc(-c3cc(-c4ccc(-c5cccc6c5oc5ccccc56)cc4)nc(-c4ccccc4)n3)c21. The van der Waals surface area contributed by atoms with Crippen LogP contribution >= 0.6 is 0 Å². The molecular weight excluding hydrogens is 717 g/mol. The summed E-state index contributed by atoms with van der Waals surface area (Å²) in [5.74, 6) is 0.701. The minimum Gasteiger partial charge on any atom is -0.455 e. The molecule has 0 unspecified atom stereocenters. The lowest BCUT2D eigenvalue weighted by atomic mass is 9.54. The third kappa shape index (κ3) is 4.76. The highest BCUT2D eigenvalue weighted by Gasteiger charge is 2.53. The number of nitrogens with zero attached hydrogens (tertiary/aromatic N) is 2. The van der Waals surface area contributed by atoms with Crippen molar-refractivity contribution in [2.45, 2.75) is 24.7 Å². The van der Waals surface area contributed by atoms with Crippen molar-refractivity contribution in [2.24, 2.45) is 0 Å². The molecule has 0 saturated carbocycles. The first-order valence-electron chi connectivity index (χ1n) is 20.4. The van der Waals surface area contributed by atoms with E-state index >= 15 is 0 Å². The van der Waals surface area contributed by atoms with E-state index in [1.807, 2.05) is 18.2 Å². The van der Waals surface area contributed by atoms with Crippen molar-refractivity contribution < 1.29 is 4.42 Å². The van der Waals surface area contributed by atoms with Crippen LogP contribution in [0.1, 0.15) is 47.2 Å². The van der Waals surface area contributed by atoms with Crippen LogP contribution in [0.4, 0.5) is 0 Å². The Morgan fingerprint density at radius 3 is 1.69 bits per heavy atom. The van der Waals surface area contributed by atoms with E-state index < -0.39 is 5.41 Å². The lowest BCUT2D eigenvalue weighted by Crippen LogP contribution is -2.41. The van der Waals surface area contributed by atoms with Crippen LogP contribution in [0, 0.1) is 0 Å². The number of rotatable bonds is 4. The third-order valence-corrected chi connectivity index (χ3v) is 13.0. The van der Waals surface area contributed by atoms with Gasteiger partial charge in [-0.1, -0.05) is 196 Å². The summed E-state index contributed by atoms with van der Waals surface area (Å²) in [4.78, 5) is 10.7. The van der Waals surface area contributed by atoms with Gasteiger partial charge in [-0.25, -0.2) is 9.97 Å². The molecule has 2 aromatic heterocycles. The van der Waals surface area contributed by atoms with E-state index in [0.29, 0.717) is 5.82 Å². The molecule has 2 heterocycles. The Morgan fingerprint density at radius 1 is 0.390 bits per heavy atom. The number of hydrogen-bond acceptors (Lipinski definition) is 3. The van der Waals surface area contributed by atoms with Crippen molar-refractivity contribution in [3.63, 3.8) is 0 Å². The zero-order valence-electron chi connectivity index (χ0n) is 32.8. The summed E-state index contributed by atoms with van der Waals surface area (Å²) in [5, 5.41) is 2.25. The van der Waals surface area contributed by atoms with Crippen LogP contribution in [-0.4, -0.2) is 9.97 Å². The van der Waals surface area contributed by atoms with Crippen molar-refractivity contribution in [3.05, 3.63) is 228 Å². The average molecular weight is 755 g/mol. The van der Waals surface area contributed by atoms with E-state index in [0.717, 1.165) is 61.1 Å². The third-order valence-electron chi connectivity index (χ3n) is 13.0. The molecule has 0 aliphatic heterocycles. The Labute approximate surface area is 343 Å². The highest BCUT2D eigenvalue weighted by atomic mass is 16.3. The van der Waals surface area contributed by atoms with Crippen LogP contribution in [0.5, 0.6) is 0 Å². The van der Waals surface area contributed by atoms with Gasteiger partial charge in [-0.05, 0) is 62.2 Å². The second-order valence-corrected chi connectivity index (χ2v) is 16.4. The fourth-order valence-electron chi connectivity index (χ4n) is 10.4. The summed E-state index contributed by atoms with van der Waals surface area (Å²) in [5.41, 5.74) is 18.6. The Hall–Kier alpha value is -7.36. The number of benzene rings is 8. The maximum atomic E-state index is 6.42. The van der Waals surface area contributed by atoms with Gasteiger partial charge >= 0.3 is 0 Å². The lowest BCUT2D eigenvalue weighted by molar-refractivity contribution is 0.564. The molecule has 0 atom stereocenters. The predicted molar refractivity (Wildman–Crippen MR) is 240 cm³/mol. The van der Waals surface area contributed by atoms with Crippen molar-refractivity contribution in [2.75, 3.05) is 0 Å². The second-order valence-electron chi connectivity index (χ2n) is 16.4. The standard InChI is InChI=1S/C56H38N2O/c1-55(2)46-26-11-12-27-47(46)56(44-24-9-6-18-39(44)40-19-7-10-25-45(40)56)48-28-15-23-43(52(48)55)50-34-49(57-54(58-50)37-16-4-3-5-17-37)36-32-30-35(31-33-36)38-21-14-22-42-41-20-8-13-29-51(41)59-53(38)42/h3-34H,1-2H3. The van der Waals surface area contributed by atoms with Gasteiger partial charge in [-0.15, -0.1) is 0 Å². The first-order chi connectivity index (χ1) is 29.0. The smallest absolute Gasteiger partial charge is 0.160 e. The minimum atomic E-state index is -0.485. The predicted octanol–water partition coefficient (Wildman–Crippen LogP) is 14.0. The van der Waals surface area contributed by atoms with Crippen molar-refractivity contribution in [1.82, 2.24) is 9.97 Å². The Balaban J connectivity index is 1.07. The summed E-state index contributed by atoms with van der Waals surface area (Å²) in [6.45, 7) is 4.77. The molecule has 0 N–H and O–H groups in total. The van der Waals surface area contributed by atoms with E-state index in [1.54, 1.807) is 0 Å². The van der Waals surface area contributed by atoms with Crippen LogP contribution in [0.3, 0.4) is 0 Å². The Bertz CT molecular complexity index is 3250. The molecule has 0 amide bonds. The van der Waals surface area contributed by atoms with E-state index in [-0.39, 0.29) is 5.41 Å². The first kappa shape index (κ1) is 33.7. The maximum Gasteiger partial charge on any atom is 0.160 e. The van der Waals surface area contributed by atoms with Crippen LogP contribution < -0.4 is 0 Å². The Morgan fingerprint density at radius 2 is 0.932 bits per heavy atom. The molecule has 12 rings (SSSR count). The minimum absolute atomic E-state index is 0.336. The summed E-state index contributed by atoms with van der Waals surface area (Å²) in [6, 6.07) is 69.9. The number of furan rings is 1. The van der Waals surface area contributed by atoms with E-state index in [4.69, 9.17) is 14.4 Å². The highest BCUT2D eigenvalue weighted by molar-refractivity contribution is 6.09. The van der Waals surface area contributed by atoms with Crippen molar-refractivity contribution in [1.29, 1.82) is 0 Å². The van der Waals surface area contributed by atoms with Gasteiger partial charge in [-0.3, -0.25) is 0 Å². The van der Waals surface area contributed by atoms with Gasteiger partial charge in [0.1, 0.15) is 11.2 Å². The van der Waals surface area contributed by atoms with Gasteiger partial charge < -0.3 is 4.42 Å². The summed E-state index contributed by atoms with van der Waals surface area (Å²) < 4.78 is 6.42. The van der Waals surface area contributed by atoms with Gasteiger partial charge in [0.05, 0.1) is 16.8 Å². The van der Waals surface area contributed by atoms with Gasteiger partial charge in [0.25, 0.3) is 0 Å². The number of fused-ring (bicyclic) bond motifs is 12. The van der Waals surface area contributed by atoms with Gasteiger partial charge in [-0.2, -0.15) is 0 Å². The van der Waals surface area contributed by atoms with Crippen molar-refractivity contribution >= 4 is 21.9 Å². The van der Waals surface area contributed by atoms with Gasteiger partial charge in [0, 0.05) is 38.4 Å². The zero-order chi connectivity index (χ0) is 39.3. The zero-order valence-corrected chi connectivity index (χ0v) is 32.8. The monoisotopic (exact) mass is 754 g/mol. The van der Waals surface area contributed by atoms with E-state index in [2.05, 4.69) is 190 Å². The first-order valence-corrected chi connectivity index (χ1v) is 20.4. The van der Waals surface area contributed by atoms with E-state index in [9.17, 15) is 0 Å². The largest absolute Gasteiger partial charge is 0.455 e. The fourth-order valence-corrected chi connectivity index (χ4v) is 10.4. The summed E-state index contributed by atoms with van der Waals surface area (Å²) >= 11 is 0. The fraction of sp³-hybridized carbons (Fsp3) is 0.0714. The van der Waals surface area contributed by atoms with Crippen LogP contribution in [0.2, 0.25) is 0 Å². The molecule has 2 aliphatic rings. The number of aromatic nitrogens is 2. The van der Waals surface area contributed by atoms with Crippen LogP contribution in [0.25, 0.3) is 78.1 Å². The quantitative estimate of drug-likeness (QED) is 0.180. The molecular formula is C56H38N2O. The molecule has 0 saturated heterocycles. The molecule has 278 valence electrons. The molecule has 0 bridgehead atoms. The number of para-hydroxylation sites is 2. The molecule has 0 fully saturated rings. The Kier molecular flexibility index (Phi) is 7.19. The molecule has 1 spiro atoms. The van der Waals surface area contributed by atoms with Crippen molar-refractivity contribution in [3.8, 4) is 56.2 Å². The molecule has 8 aromatic carbocycles. The van der Waals surface area contributed by atoms with Gasteiger partial charge in [0.2, 0.25) is 0 Å². The highest BCUT2D eigenvalue weighted by Crippen LogP contribution is 2.63.